The highest BCUT2D eigenvalue weighted by molar-refractivity contribution is 7.99. The van der Waals surface area contributed by atoms with Gasteiger partial charge in [-0.1, -0.05) is 47.5 Å². The van der Waals surface area contributed by atoms with Crippen LogP contribution in [0.3, 0.4) is 0 Å². The largest absolute Gasteiger partial charge is 0.357 e. The van der Waals surface area contributed by atoms with Crippen molar-refractivity contribution in [2.24, 2.45) is 0 Å². The number of hydrogen-bond acceptors (Lipinski definition) is 5. The summed E-state index contributed by atoms with van der Waals surface area (Å²) in [5.41, 5.74) is 2.40. The quantitative estimate of drug-likeness (QED) is 0.480. The second-order valence-electron chi connectivity index (χ2n) is 5.26. The molecule has 0 amide bonds. The Hall–Kier alpha value is -1.75. The summed E-state index contributed by atoms with van der Waals surface area (Å²) in [6.07, 6.45) is 1.000. The molecule has 0 fully saturated rings. The molecule has 0 aliphatic carbocycles. The lowest BCUT2D eigenvalue weighted by molar-refractivity contribution is 0.0401. The van der Waals surface area contributed by atoms with Crippen molar-refractivity contribution in [3.63, 3.8) is 0 Å². The van der Waals surface area contributed by atoms with Crippen molar-refractivity contribution in [2.45, 2.75) is 16.1 Å². The summed E-state index contributed by atoms with van der Waals surface area (Å²) >= 11 is 7.71. The normalized spacial score (nSPS) is 14.3. The highest BCUT2D eigenvalue weighted by Crippen LogP contribution is 2.41. The summed E-state index contributed by atoms with van der Waals surface area (Å²) in [5, 5.41) is 10.2. The van der Waals surface area contributed by atoms with Crippen molar-refractivity contribution in [1.29, 1.82) is 0 Å². The van der Waals surface area contributed by atoms with E-state index in [0.717, 1.165) is 27.2 Å². The Labute approximate surface area is 155 Å². The molecule has 0 saturated carbocycles. The lowest BCUT2D eigenvalue weighted by Gasteiger charge is -2.07. The van der Waals surface area contributed by atoms with Crippen LogP contribution in [0.25, 0.3) is 11.6 Å². The summed E-state index contributed by atoms with van der Waals surface area (Å²) in [7, 11) is -3.80. The second-order valence-corrected chi connectivity index (χ2v) is 8.38. The SMILES string of the molecule is CS(=O)(=O)OC(O)C#CC1=Cc2ccccc2Sc2ccc(Cl)cc21. The van der Waals surface area contributed by atoms with Crippen LogP contribution in [0.15, 0.2) is 52.3 Å². The molecule has 1 atom stereocenters. The van der Waals surface area contributed by atoms with Crippen molar-refractivity contribution >= 4 is 45.1 Å². The summed E-state index contributed by atoms with van der Waals surface area (Å²) < 4.78 is 26.6. The second kappa shape index (κ2) is 7.24. The van der Waals surface area contributed by atoms with E-state index in [4.69, 9.17) is 11.6 Å². The molecule has 0 saturated heterocycles. The fraction of sp³-hybridized carbons (Fsp3) is 0.111. The van der Waals surface area contributed by atoms with Gasteiger partial charge in [-0.3, -0.25) is 0 Å². The summed E-state index contributed by atoms with van der Waals surface area (Å²) in [6, 6.07) is 13.3. The van der Waals surface area contributed by atoms with E-state index in [9.17, 15) is 13.5 Å². The maximum absolute atomic E-state index is 11.1. The van der Waals surface area contributed by atoms with Crippen LogP contribution in [0.5, 0.6) is 0 Å². The van der Waals surface area contributed by atoms with E-state index in [-0.39, 0.29) is 0 Å². The molecule has 2 aromatic carbocycles. The van der Waals surface area contributed by atoms with E-state index in [1.54, 1.807) is 23.9 Å². The van der Waals surface area contributed by atoms with Crippen molar-refractivity contribution in [1.82, 2.24) is 0 Å². The molecule has 0 aromatic heterocycles. The number of aliphatic hydroxyl groups is 1. The molecule has 0 radical (unpaired) electrons. The first-order valence-corrected chi connectivity index (χ1v) is 10.2. The highest BCUT2D eigenvalue weighted by Gasteiger charge is 2.16. The molecule has 3 rings (SSSR count). The molecular weight excluding hydrogens is 380 g/mol. The third-order valence-electron chi connectivity index (χ3n) is 3.27. The molecule has 1 aliphatic rings. The van der Waals surface area contributed by atoms with Crippen LogP contribution in [0.4, 0.5) is 0 Å². The molecule has 2 aromatic rings. The molecular formula is C18H13ClO4S2. The zero-order valence-corrected chi connectivity index (χ0v) is 15.5. The minimum absolute atomic E-state index is 0.561. The van der Waals surface area contributed by atoms with Crippen LogP contribution in [-0.4, -0.2) is 26.1 Å². The smallest absolute Gasteiger partial charge is 0.267 e. The molecule has 0 bridgehead atoms. The monoisotopic (exact) mass is 392 g/mol. The van der Waals surface area contributed by atoms with Gasteiger partial charge in [0.05, 0.1) is 6.26 Å². The first-order valence-electron chi connectivity index (χ1n) is 7.18. The molecule has 1 N–H and O–H groups in total. The van der Waals surface area contributed by atoms with Gasteiger partial charge in [-0.2, -0.15) is 8.42 Å². The van der Waals surface area contributed by atoms with Crippen LogP contribution in [-0.2, 0) is 14.3 Å². The van der Waals surface area contributed by atoms with Crippen LogP contribution < -0.4 is 0 Å². The van der Waals surface area contributed by atoms with E-state index in [2.05, 4.69) is 16.0 Å². The van der Waals surface area contributed by atoms with Crippen LogP contribution in [0, 0.1) is 11.8 Å². The lowest BCUT2D eigenvalue weighted by atomic mass is 10.0. The van der Waals surface area contributed by atoms with E-state index in [1.807, 2.05) is 36.4 Å². The van der Waals surface area contributed by atoms with Crippen LogP contribution in [0.2, 0.25) is 5.02 Å². The van der Waals surface area contributed by atoms with Crippen molar-refractivity contribution in [3.05, 3.63) is 58.6 Å². The van der Waals surface area contributed by atoms with E-state index in [1.165, 1.54) is 0 Å². The number of fused-ring (bicyclic) bond motifs is 2. The standard InChI is InChI=1S/C18H13ClO4S2/c1-25(21,22)23-18(20)9-6-12-10-13-4-2-3-5-16(13)24-17-8-7-14(19)11-15(12)17/h2-5,7-8,10-11,18,20H,1H3. The van der Waals surface area contributed by atoms with Gasteiger partial charge in [-0.25, -0.2) is 4.18 Å². The topological polar surface area (TPSA) is 63.6 Å². The molecule has 0 spiro atoms. The number of rotatable bonds is 2. The van der Waals surface area contributed by atoms with Gasteiger partial charge >= 0.3 is 0 Å². The fourth-order valence-electron chi connectivity index (χ4n) is 2.28. The number of hydrogen-bond donors (Lipinski definition) is 1. The molecule has 128 valence electrons. The van der Waals surface area contributed by atoms with Gasteiger partial charge in [0.1, 0.15) is 0 Å². The van der Waals surface area contributed by atoms with Crippen LogP contribution >= 0.6 is 23.4 Å². The average molecular weight is 393 g/mol. The number of aliphatic hydroxyl groups excluding tert-OH is 1. The van der Waals surface area contributed by atoms with Crippen molar-refractivity contribution in [3.8, 4) is 11.8 Å². The Morgan fingerprint density at radius 2 is 1.96 bits per heavy atom. The Morgan fingerprint density at radius 1 is 1.20 bits per heavy atom. The van der Waals surface area contributed by atoms with Gasteiger partial charge in [0.25, 0.3) is 10.1 Å². The summed E-state index contributed by atoms with van der Waals surface area (Å²) in [6.45, 7) is 0. The first-order chi connectivity index (χ1) is 11.8. The fourth-order valence-corrected chi connectivity index (χ4v) is 3.87. The van der Waals surface area contributed by atoms with E-state index < -0.39 is 16.4 Å². The minimum Gasteiger partial charge on any atom is -0.357 e. The van der Waals surface area contributed by atoms with Gasteiger partial charge in [0.2, 0.25) is 6.29 Å². The Bertz CT molecular complexity index is 1020. The van der Waals surface area contributed by atoms with Crippen LogP contribution in [0.1, 0.15) is 11.1 Å². The highest BCUT2D eigenvalue weighted by atomic mass is 35.5. The number of halogens is 1. The maximum Gasteiger partial charge on any atom is 0.267 e. The molecule has 4 nitrogen and oxygen atoms in total. The molecule has 1 unspecified atom stereocenters. The zero-order valence-electron chi connectivity index (χ0n) is 13.1. The van der Waals surface area contributed by atoms with E-state index in [0.29, 0.717) is 10.6 Å². The third-order valence-corrected chi connectivity index (χ3v) is 5.20. The predicted molar refractivity (Wildman–Crippen MR) is 99.6 cm³/mol. The Balaban J connectivity index is 2.08. The average Bonchev–Trinajstić information content (AvgIpc) is 2.67. The predicted octanol–water partition coefficient (Wildman–Crippen LogP) is 3.64. The van der Waals surface area contributed by atoms with Gasteiger partial charge in [0, 0.05) is 26.0 Å². The van der Waals surface area contributed by atoms with Gasteiger partial charge in [0.15, 0.2) is 0 Å². The zero-order chi connectivity index (χ0) is 18.0. The Kier molecular flexibility index (Phi) is 5.23. The first kappa shape index (κ1) is 18.1. The molecule has 25 heavy (non-hydrogen) atoms. The van der Waals surface area contributed by atoms with Gasteiger partial charge < -0.3 is 5.11 Å². The van der Waals surface area contributed by atoms with E-state index >= 15 is 0 Å². The minimum atomic E-state index is -3.80. The van der Waals surface area contributed by atoms with Gasteiger partial charge in [-0.05, 0) is 41.8 Å². The third kappa shape index (κ3) is 4.66. The molecule has 1 aliphatic heterocycles. The summed E-state index contributed by atoms with van der Waals surface area (Å²) in [4.78, 5) is 2.03. The summed E-state index contributed by atoms with van der Waals surface area (Å²) in [5.74, 6) is 5.22. The molecule has 1 heterocycles. The maximum atomic E-state index is 11.1. The number of allylic oxidation sites excluding steroid dienone is 1. The lowest BCUT2D eigenvalue weighted by Crippen LogP contribution is -2.14. The number of benzene rings is 2. The Morgan fingerprint density at radius 3 is 2.72 bits per heavy atom. The van der Waals surface area contributed by atoms with Crippen molar-refractivity contribution < 1.29 is 17.7 Å². The molecule has 7 heteroatoms. The van der Waals surface area contributed by atoms with Gasteiger partial charge in [-0.15, -0.1) is 0 Å². The van der Waals surface area contributed by atoms with Crippen molar-refractivity contribution in [2.75, 3.05) is 6.26 Å².